The van der Waals surface area contributed by atoms with E-state index in [1.807, 2.05) is 17.8 Å². The molecule has 1 aromatic heterocycles. The van der Waals surface area contributed by atoms with Gasteiger partial charge in [-0.15, -0.1) is 0 Å². The van der Waals surface area contributed by atoms with Crippen LogP contribution in [0.4, 0.5) is 0 Å². The summed E-state index contributed by atoms with van der Waals surface area (Å²) in [6, 6.07) is 0.395. The number of rotatable bonds is 2. The van der Waals surface area contributed by atoms with E-state index >= 15 is 0 Å². The number of aliphatic hydroxyl groups is 1. The average Bonchev–Trinajstić information content (AvgIpc) is 3.10. The van der Waals surface area contributed by atoms with Gasteiger partial charge in [0, 0.05) is 50.3 Å². The molecule has 1 saturated carbocycles. The van der Waals surface area contributed by atoms with E-state index in [1.165, 1.54) is 0 Å². The van der Waals surface area contributed by atoms with Crippen LogP contribution in [0.2, 0.25) is 0 Å². The summed E-state index contributed by atoms with van der Waals surface area (Å²) >= 11 is 0. The Morgan fingerprint density at radius 3 is 2.45 bits per heavy atom. The normalized spacial score (nSPS) is 36.4. The SMILES string of the molecule is Cn1ccnc1C1(O)C[C@H]2CC[C@@H](C1)N2C(=O)C1CC1. The Morgan fingerprint density at radius 2 is 1.95 bits per heavy atom. The van der Waals surface area contributed by atoms with E-state index in [1.54, 1.807) is 6.20 Å². The molecule has 108 valence electrons. The predicted octanol–water partition coefficient (Wildman–Crippen LogP) is 1.17. The van der Waals surface area contributed by atoms with Crippen LogP contribution in [0.25, 0.3) is 0 Å². The van der Waals surface area contributed by atoms with Gasteiger partial charge in [-0.3, -0.25) is 4.79 Å². The van der Waals surface area contributed by atoms with Gasteiger partial charge in [-0.2, -0.15) is 0 Å². The fourth-order valence-corrected chi connectivity index (χ4v) is 4.12. The van der Waals surface area contributed by atoms with E-state index < -0.39 is 5.60 Å². The van der Waals surface area contributed by atoms with Crippen LogP contribution >= 0.6 is 0 Å². The highest BCUT2D eigenvalue weighted by Gasteiger charge is 2.53. The van der Waals surface area contributed by atoms with E-state index in [2.05, 4.69) is 9.88 Å². The molecule has 1 aliphatic carbocycles. The molecule has 5 nitrogen and oxygen atoms in total. The molecule has 5 heteroatoms. The smallest absolute Gasteiger partial charge is 0.226 e. The highest BCUT2D eigenvalue weighted by atomic mass is 16.3. The molecular formula is C15H21N3O2. The highest BCUT2D eigenvalue weighted by molar-refractivity contribution is 5.82. The van der Waals surface area contributed by atoms with Crippen molar-refractivity contribution in [2.75, 3.05) is 0 Å². The lowest BCUT2D eigenvalue weighted by Gasteiger charge is -2.43. The van der Waals surface area contributed by atoms with Crippen molar-refractivity contribution in [3.63, 3.8) is 0 Å². The van der Waals surface area contributed by atoms with Gasteiger partial charge in [0.2, 0.25) is 5.91 Å². The molecule has 1 N–H and O–H groups in total. The summed E-state index contributed by atoms with van der Waals surface area (Å²) in [5.41, 5.74) is -0.871. The van der Waals surface area contributed by atoms with Crippen molar-refractivity contribution < 1.29 is 9.90 Å². The molecule has 0 radical (unpaired) electrons. The summed E-state index contributed by atoms with van der Waals surface area (Å²) in [5, 5.41) is 11.0. The van der Waals surface area contributed by atoms with Gasteiger partial charge in [-0.25, -0.2) is 4.98 Å². The van der Waals surface area contributed by atoms with Gasteiger partial charge in [-0.05, 0) is 25.7 Å². The van der Waals surface area contributed by atoms with E-state index in [-0.39, 0.29) is 18.0 Å². The van der Waals surface area contributed by atoms with Crippen molar-refractivity contribution in [3.05, 3.63) is 18.2 Å². The number of piperidine rings is 1. The van der Waals surface area contributed by atoms with Crippen LogP contribution in [0.15, 0.2) is 12.4 Å². The summed E-state index contributed by atoms with van der Waals surface area (Å²) in [6.45, 7) is 0. The largest absolute Gasteiger partial charge is 0.382 e. The Labute approximate surface area is 118 Å². The van der Waals surface area contributed by atoms with E-state index in [0.717, 1.165) is 31.5 Å². The number of amides is 1. The Bertz CT molecular complexity index is 535. The van der Waals surface area contributed by atoms with Gasteiger partial charge >= 0.3 is 0 Å². The van der Waals surface area contributed by atoms with Gasteiger partial charge in [-0.1, -0.05) is 0 Å². The second-order valence-electron chi connectivity index (χ2n) is 6.71. The standard InChI is InChI=1S/C15H21N3O2/c1-17-7-6-16-14(17)15(20)8-11-4-5-12(9-15)18(11)13(19)10-2-3-10/h6-7,10-12,20H,2-5,8-9H2,1H3/t11-,12+,15?. The third kappa shape index (κ3) is 1.72. The highest BCUT2D eigenvalue weighted by Crippen LogP contribution is 2.47. The molecule has 20 heavy (non-hydrogen) atoms. The van der Waals surface area contributed by atoms with Crippen LogP contribution in [-0.4, -0.2) is 37.5 Å². The number of carbonyl (C=O) groups excluding carboxylic acids is 1. The minimum Gasteiger partial charge on any atom is -0.382 e. The summed E-state index contributed by atoms with van der Waals surface area (Å²) in [7, 11) is 1.92. The maximum Gasteiger partial charge on any atom is 0.226 e. The maximum absolute atomic E-state index is 12.4. The summed E-state index contributed by atoms with van der Waals surface area (Å²) in [4.78, 5) is 18.8. The van der Waals surface area contributed by atoms with Crippen LogP contribution in [0.5, 0.6) is 0 Å². The zero-order valence-electron chi connectivity index (χ0n) is 11.8. The second kappa shape index (κ2) is 4.07. The Morgan fingerprint density at radius 1 is 1.30 bits per heavy atom. The molecule has 2 bridgehead atoms. The lowest BCUT2D eigenvalue weighted by Crippen LogP contribution is -2.53. The topological polar surface area (TPSA) is 58.4 Å². The molecule has 1 unspecified atom stereocenters. The van der Waals surface area contributed by atoms with Crippen molar-refractivity contribution in [2.45, 2.75) is 56.2 Å². The first kappa shape index (κ1) is 12.4. The fraction of sp³-hybridized carbons (Fsp3) is 0.733. The van der Waals surface area contributed by atoms with Crippen LogP contribution in [0.1, 0.15) is 44.3 Å². The molecule has 3 heterocycles. The molecule has 0 spiro atoms. The van der Waals surface area contributed by atoms with Crippen molar-refractivity contribution in [2.24, 2.45) is 13.0 Å². The number of aryl methyl sites for hydroxylation is 1. The number of hydrogen-bond acceptors (Lipinski definition) is 3. The Kier molecular flexibility index (Phi) is 2.52. The zero-order chi connectivity index (χ0) is 13.9. The van der Waals surface area contributed by atoms with Gasteiger partial charge in [0.1, 0.15) is 11.4 Å². The second-order valence-corrected chi connectivity index (χ2v) is 6.71. The molecule has 1 amide bonds. The Balaban J connectivity index is 1.61. The lowest BCUT2D eigenvalue weighted by atomic mass is 9.85. The van der Waals surface area contributed by atoms with Gasteiger partial charge < -0.3 is 14.6 Å². The van der Waals surface area contributed by atoms with Crippen LogP contribution in [-0.2, 0) is 17.4 Å². The van der Waals surface area contributed by atoms with Crippen LogP contribution in [0.3, 0.4) is 0 Å². The fourth-order valence-electron chi connectivity index (χ4n) is 4.12. The number of nitrogens with zero attached hydrogens (tertiary/aromatic N) is 3. The van der Waals surface area contributed by atoms with Crippen molar-refractivity contribution in [1.29, 1.82) is 0 Å². The number of fused-ring (bicyclic) bond motifs is 2. The molecule has 2 saturated heterocycles. The molecule has 1 aromatic rings. The molecule has 3 atom stereocenters. The van der Waals surface area contributed by atoms with E-state index in [9.17, 15) is 9.90 Å². The third-order valence-electron chi connectivity index (χ3n) is 5.19. The first-order chi connectivity index (χ1) is 9.58. The van der Waals surface area contributed by atoms with E-state index in [4.69, 9.17) is 0 Å². The third-order valence-corrected chi connectivity index (χ3v) is 5.19. The summed E-state index contributed by atoms with van der Waals surface area (Å²) in [5.74, 6) is 1.35. The predicted molar refractivity (Wildman–Crippen MR) is 72.7 cm³/mol. The molecule has 3 aliphatic rings. The summed E-state index contributed by atoms with van der Waals surface area (Å²) in [6.07, 6.45) is 9.02. The zero-order valence-corrected chi connectivity index (χ0v) is 11.8. The molecule has 4 rings (SSSR count). The monoisotopic (exact) mass is 275 g/mol. The van der Waals surface area contributed by atoms with Gasteiger partial charge in [0.15, 0.2) is 0 Å². The first-order valence-corrected chi connectivity index (χ1v) is 7.61. The van der Waals surface area contributed by atoms with Crippen LogP contribution < -0.4 is 0 Å². The Hall–Kier alpha value is -1.36. The quantitative estimate of drug-likeness (QED) is 0.881. The van der Waals surface area contributed by atoms with Gasteiger partial charge in [0.25, 0.3) is 0 Å². The number of carbonyl (C=O) groups is 1. The van der Waals surface area contributed by atoms with Crippen molar-refractivity contribution in [1.82, 2.24) is 14.5 Å². The maximum atomic E-state index is 12.4. The molecular weight excluding hydrogens is 254 g/mol. The van der Waals surface area contributed by atoms with Crippen LogP contribution in [0, 0.1) is 5.92 Å². The number of hydrogen-bond donors (Lipinski definition) is 1. The van der Waals surface area contributed by atoms with Gasteiger partial charge in [0.05, 0.1) is 0 Å². The number of imidazole rings is 1. The minimum atomic E-state index is -0.871. The lowest BCUT2D eigenvalue weighted by molar-refractivity contribution is -0.144. The molecule has 0 aromatic carbocycles. The average molecular weight is 275 g/mol. The summed E-state index contributed by atoms with van der Waals surface area (Å²) < 4.78 is 1.90. The minimum absolute atomic E-state index is 0.198. The molecule has 3 fully saturated rings. The number of aromatic nitrogens is 2. The van der Waals surface area contributed by atoms with Crippen molar-refractivity contribution >= 4 is 5.91 Å². The first-order valence-electron chi connectivity index (χ1n) is 7.61. The molecule has 2 aliphatic heterocycles. The van der Waals surface area contributed by atoms with E-state index in [0.29, 0.717) is 18.7 Å². The van der Waals surface area contributed by atoms with Crippen molar-refractivity contribution in [3.8, 4) is 0 Å².